The molecule has 1 N–H and O–H groups in total. The van der Waals surface area contributed by atoms with Gasteiger partial charge >= 0.3 is 0 Å². The first kappa shape index (κ1) is 16.3. The maximum atomic E-state index is 4.71. The van der Waals surface area contributed by atoms with E-state index in [-0.39, 0.29) is 0 Å². The van der Waals surface area contributed by atoms with Gasteiger partial charge in [0.05, 0.1) is 6.20 Å². The van der Waals surface area contributed by atoms with E-state index >= 15 is 0 Å². The zero-order valence-corrected chi connectivity index (χ0v) is 14.8. The largest absolute Gasteiger partial charge is 0.355 e. The number of nitrogens with zero attached hydrogens (tertiary/aromatic N) is 4. The van der Waals surface area contributed by atoms with Crippen molar-refractivity contribution in [3.05, 3.63) is 42.1 Å². The molecule has 4 rings (SSSR count). The highest BCUT2D eigenvalue weighted by atomic mass is 15.3. The van der Waals surface area contributed by atoms with E-state index in [1.54, 1.807) is 6.20 Å². The Morgan fingerprint density at radius 1 is 1.00 bits per heavy atom. The Morgan fingerprint density at radius 3 is 2.52 bits per heavy atom. The van der Waals surface area contributed by atoms with Crippen molar-refractivity contribution >= 4 is 11.8 Å². The van der Waals surface area contributed by atoms with Crippen LogP contribution in [0.1, 0.15) is 44.1 Å². The molecule has 2 aromatic rings. The zero-order chi connectivity index (χ0) is 16.9. The van der Waals surface area contributed by atoms with Gasteiger partial charge in [-0.15, -0.1) is 5.10 Å². The number of aromatic nitrogens is 3. The third-order valence-electron chi connectivity index (χ3n) is 5.54. The second kappa shape index (κ2) is 7.81. The lowest BCUT2D eigenvalue weighted by Crippen LogP contribution is -2.35. The third kappa shape index (κ3) is 4.27. The molecule has 132 valence electrons. The molecule has 0 atom stereocenters. The van der Waals surface area contributed by atoms with Gasteiger partial charge in [-0.25, -0.2) is 0 Å². The summed E-state index contributed by atoms with van der Waals surface area (Å²) in [7, 11) is 0. The van der Waals surface area contributed by atoms with Gasteiger partial charge in [-0.05, 0) is 43.6 Å². The molecule has 1 aromatic heterocycles. The maximum Gasteiger partial charge on any atom is 0.244 e. The van der Waals surface area contributed by atoms with E-state index in [4.69, 9.17) is 4.98 Å². The summed E-state index contributed by atoms with van der Waals surface area (Å²) in [5.74, 6) is 2.42. The lowest BCUT2D eigenvalue weighted by Gasteiger charge is -2.32. The molecule has 0 amide bonds. The summed E-state index contributed by atoms with van der Waals surface area (Å²) in [5.41, 5.74) is 1.45. The van der Waals surface area contributed by atoms with Crippen molar-refractivity contribution in [1.82, 2.24) is 15.2 Å². The fourth-order valence-electron chi connectivity index (χ4n) is 4.07. The second-order valence-electron chi connectivity index (χ2n) is 7.38. The molecular formula is C20H27N5. The van der Waals surface area contributed by atoms with E-state index in [0.717, 1.165) is 24.8 Å². The van der Waals surface area contributed by atoms with Crippen molar-refractivity contribution in [2.75, 3.05) is 23.3 Å². The topological polar surface area (TPSA) is 53.9 Å². The zero-order valence-electron chi connectivity index (χ0n) is 14.8. The maximum absolute atomic E-state index is 4.71. The molecule has 2 aliphatic rings. The first-order chi connectivity index (χ1) is 12.4. The van der Waals surface area contributed by atoms with Gasteiger partial charge in [0.25, 0.3) is 0 Å². The molecule has 1 aliphatic heterocycles. The normalized spacial score (nSPS) is 19.3. The van der Waals surface area contributed by atoms with Crippen molar-refractivity contribution < 1.29 is 0 Å². The van der Waals surface area contributed by atoms with Gasteiger partial charge in [0.1, 0.15) is 0 Å². The van der Waals surface area contributed by atoms with Gasteiger partial charge in [0.15, 0.2) is 5.82 Å². The molecule has 5 nitrogen and oxygen atoms in total. The number of hydrogen-bond donors (Lipinski definition) is 1. The monoisotopic (exact) mass is 337 g/mol. The molecule has 2 fully saturated rings. The molecule has 2 heterocycles. The van der Waals surface area contributed by atoms with Crippen LogP contribution in [0.15, 0.2) is 36.5 Å². The van der Waals surface area contributed by atoms with Crippen LogP contribution in [0.25, 0.3) is 0 Å². The van der Waals surface area contributed by atoms with Crippen LogP contribution < -0.4 is 10.2 Å². The first-order valence-electron chi connectivity index (χ1n) is 9.62. The highest BCUT2D eigenvalue weighted by molar-refractivity contribution is 5.41. The third-order valence-corrected chi connectivity index (χ3v) is 5.54. The molecule has 0 bridgehead atoms. The SMILES string of the molecule is c1ccc(CC2CCN(c3cnnc(NC4CCCC4)n3)CC2)cc1. The Balaban J connectivity index is 1.32. The van der Waals surface area contributed by atoms with E-state index in [2.05, 4.69) is 50.7 Å². The van der Waals surface area contributed by atoms with Crippen LogP contribution in [0.4, 0.5) is 11.8 Å². The number of piperidine rings is 1. The predicted octanol–water partition coefficient (Wildman–Crippen LogP) is 3.69. The second-order valence-corrected chi connectivity index (χ2v) is 7.38. The summed E-state index contributed by atoms with van der Waals surface area (Å²) in [6.07, 6.45) is 10.5. The van der Waals surface area contributed by atoms with Crippen LogP contribution in [-0.4, -0.2) is 34.3 Å². The molecule has 0 spiro atoms. The highest BCUT2D eigenvalue weighted by Crippen LogP contribution is 2.25. The number of hydrogen-bond acceptors (Lipinski definition) is 5. The number of anilines is 2. The molecule has 0 radical (unpaired) electrons. The Hall–Kier alpha value is -2.17. The van der Waals surface area contributed by atoms with Gasteiger partial charge < -0.3 is 10.2 Å². The van der Waals surface area contributed by atoms with Gasteiger partial charge in [-0.2, -0.15) is 10.1 Å². The Morgan fingerprint density at radius 2 is 1.76 bits per heavy atom. The first-order valence-corrected chi connectivity index (χ1v) is 9.62. The quantitative estimate of drug-likeness (QED) is 0.902. The lowest BCUT2D eigenvalue weighted by atomic mass is 9.90. The van der Waals surface area contributed by atoms with Gasteiger partial charge in [0.2, 0.25) is 5.95 Å². The van der Waals surface area contributed by atoms with E-state index in [1.807, 2.05) is 0 Å². The Bertz CT molecular complexity index is 661. The van der Waals surface area contributed by atoms with Crippen molar-refractivity contribution in [2.24, 2.45) is 5.92 Å². The van der Waals surface area contributed by atoms with Crippen LogP contribution in [0.2, 0.25) is 0 Å². The average Bonchev–Trinajstić information content (AvgIpc) is 3.16. The summed E-state index contributed by atoms with van der Waals surface area (Å²) in [5, 5.41) is 11.8. The standard InChI is InChI=1S/C20H27N5/c1-2-6-16(7-3-1)14-17-10-12-25(13-11-17)19-15-21-24-20(23-19)22-18-8-4-5-9-18/h1-3,6-7,15,17-18H,4-5,8-14H2,(H,22,23,24). The Kier molecular flexibility index (Phi) is 5.09. The summed E-state index contributed by atoms with van der Waals surface area (Å²) in [6, 6.07) is 11.4. The van der Waals surface area contributed by atoms with Crippen molar-refractivity contribution in [2.45, 2.75) is 51.0 Å². The van der Waals surface area contributed by atoms with Crippen molar-refractivity contribution in [1.29, 1.82) is 0 Å². The molecule has 0 unspecified atom stereocenters. The van der Waals surface area contributed by atoms with Crippen molar-refractivity contribution in [3.63, 3.8) is 0 Å². The number of rotatable bonds is 5. The molecular weight excluding hydrogens is 310 g/mol. The number of nitrogens with one attached hydrogen (secondary N) is 1. The van der Waals surface area contributed by atoms with Crippen LogP contribution in [0.3, 0.4) is 0 Å². The van der Waals surface area contributed by atoms with Crippen LogP contribution in [0.5, 0.6) is 0 Å². The molecule has 1 saturated carbocycles. The van der Waals surface area contributed by atoms with Gasteiger partial charge in [0, 0.05) is 19.1 Å². The van der Waals surface area contributed by atoms with Crippen LogP contribution >= 0.6 is 0 Å². The van der Waals surface area contributed by atoms with Crippen LogP contribution in [0, 0.1) is 5.92 Å². The minimum absolute atomic E-state index is 0.522. The fourth-order valence-corrected chi connectivity index (χ4v) is 4.07. The number of benzene rings is 1. The van der Waals surface area contributed by atoms with E-state index in [0.29, 0.717) is 12.0 Å². The minimum atomic E-state index is 0.522. The predicted molar refractivity (Wildman–Crippen MR) is 101 cm³/mol. The van der Waals surface area contributed by atoms with Crippen molar-refractivity contribution in [3.8, 4) is 0 Å². The summed E-state index contributed by atoms with van der Waals surface area (Å²) in [4.78, 5) is 7.07. The minimum Gasteiger partial charge on any atom is -0.355 e. The Labute approximate surface area is 149 Å². The lowest BCUT2D eigenvalue weighted by molar-refractivity contribution is 0.402. The molecule has 1 aromatic carbocycles. The summed E-state index contributed by atoms with van der Waals surface area (Å²) in [6.45, 7) is 2.11. The average molecular weight is 337 g/mol. The van der Waals surface area contributed by atoms with Crippen LogP contribution in [-0.2, 0) is 6.42 Å². The molecule has 5 heteroatoms. The highest BCUT2D eigenvalue weighted by Gasteiger charge is 2.22. The van der Waals surface area contributed by atoms with E-state index in [9.17, 15) is 0 Å². The summed E-state index contributed by atoms with van der Waals surface area (Å²) >= 11 is 0. The fraction of sp³-hybridized carbons (Fsp3) is 0.550. The van der Waals surface area contributed by atoms with Gasteiger partial charge in [-0.1, -0.05) is 43.2 Å². The van der Waals surface area contributed by atoms with E-state index in [1.165, 1.54) is 50.5 Å². The molecule has 1 aliphatic carbocycles. The van der Waals surface area contributed by atoms with E-state index < -0.39 is 0 Å². The van der Waals surface area contributed by atoms with Gasteiger partial charge in [-0.3, -0.25) is 0 Å². The molecule has 25 heavy (non-hydrogen) atoms. The molecule has 1 saturated heterocycles. The smallest absolute Gasteiger partial charge is 0.244 e. The summed E-state index contributed by atoms with van der Waals surface area (Å²) < 4.78 is 0.